The number of halogens is 1. The highest BCUT2D eigenvalue weighted by Crippen LogP contribution is 2.20. The molecule has 0 radical (unpaired) electrons. The molecule has 6 heteroatoms. The zero-order valence-electron chi connectivity index (χ0n) is 9.53. The van der Waals surface area contributed by atoms with Crippen LogP contribution in [-0.2, 0) is 10.0 Å². The van der Waals surface area contributed by atoms with Gasteiger partial charge in [0.05, 0.1) is 10.9 Å². The monoisotopic (exact) mass is 258 g/mol. The van der Waals surface area contributed by atoms with Crippen LogP contribution in [0.5, 0.6) is 0 Å². The Kier molecular flexibility index (Phi) is 3.35. The molecule has 1 aromatic rings. The molecule has 0 amide bonds. The van der Waals surface area contributed by atoms with Crippen LogP contribution in [0.3, 0.4) is 0 Å². The minimum Gasteiger partial charge on any atom is -0.315 e. The largest absolute Gasteiger partial charge is 0.315 e. The zero-order chi connectivity index (χ0) is 12.5. The number of hydrogen-bond acceptors (Lipinski definition) is 3. The molecule has 1 aromatic carbocycles. The second kappa shape index (κ2) is 4.62. The van der Waals surface area contributed by atoms with Gasteiger partial charge in [-0.05, 0) is 37.6 Å². The lowest BCUT2D eigenvalue weighted by Crippen LogP contribution is -2.30. The quantitative estimate of drug-likeness (QED) is 0.857. The van der Waals surface area contributed by atoms with Crippen molar-refractivity contribution in [3.8, 4) is 0 Å². The van der Waals surface area contributed by atoms with Crippen LogP contribution in [-0.4, -0.2) is 26.8 Å². The molecular formula is C11H15FN2O2S. The highest BCUT2D eigenvalue weighted by Gasteiger charge is 2.29. The topological polar surface area (TPSA) is 58.2 Å². The van der Waals surface area contributed by atoms with Crippen LogP contribution < -0.4 is 10.0 Å². The Hall–Kier alpha value is -1.14. The highest BCUT2D eigenvalue weighted by molar-refractivity contribution is 7.93. The average Bonchev–Trinajstić information content (AvgIpc) is 2.77. The molecule has 0 spiro atoms. The second-order valence-electron chi connectivity index (χ2n) is 4.25. The van der Waals surface area contributed by atoms with Gasteiger partial charge in [0.15, 0.2) is 0 Å². The molecule has 1 aliphatic heterocycles. The number of sulfonamides is 1. The van der Waals surface area contributed by atoms with Gasteiger partial charge in [0.1, 0.15) is 5.82 Å². The van der Waals surface area contributed by atoms with E-state index < -0.39 is 21.1 Å². The van der Waals surface area contributed by atoms with E-state index in [1.165, 1.54) is 12.1 Å². The van der Waals surface area contributed by atoms with Gasteiger partial charge in [0.25, 0.3) is 0 Å². The Morgan fingerprint density at radius 2 is 2.24 bits per heavy atom. The summed E-state index contributed by atoms with van der Waals surface area (Å²) in [6.45, 7) is 2.89. The summed E-state index contributed by atoms with van der Waals surface area (Å²) in [5, 5.41) is 2.49. The first-order valence-corrected chi connectivity index (χ1v) is 7.02. The molecular weight excluding hydrogens is 243 g/mol. The Morgan fingerprint density at radius 1 is 1.47 bits per heavy atom. The Bertz CT molecular complexity index is 510. The van der Waals surface area contributed by atoms with E-state index in [2.05, 4.69) is 10.0 Å². The standard InChI is InChI=1S/C11H15FN2O2S/c1-8-2-3-10(12)11(6-8)14-17(15,16)9-4-5-13-7-9/h2-3,6,9,13-14H,4-5,7H2,1H3. The molecule has 17 heavy (non-hydrogen) atoms. The van der Waals surface area contributed by atoms with Crippen molar-refractivity contribution in [1.82, 2.24) is 5.32 Å². The summed E-state index contributed by atoms with van der Waals surface area (Å²) in [5.74, 6) is -0.551. The first kappa shape index (κ1) is 12.3. The summed E-state index contributed by atoms with van der Waals surface area (Å²) < 4.78 is 39.7. The zero-order valence-corrected chi connectivity index (χ0v) is 10.3. The lowest BCUT2D eigenvalue weighted by atomic mass is 10.2. The van der Waals surface area contributed by atoms with E-state index in [-0.39, 0.29) is 5.69 Å². The summed E-state index contributed by atoms with van der Waals surface area (Å²) in [6.07, 6.45) is 0.558. The SMILES string of the molecule is Cc1ccc(F)c(NS(=O)(=O)C2CCNC2)c1. The summed E-state index contributed by atoms with van der Waals surface area (Å²) >= 11 is 0. The number of rotatable bonds is 3. The minimum absolute atomic E-state index is 0.0249. The van der Waals surface area contributed by atoms with Gasteiger partial charge in [-0.2, -0.15) is 0 Å². The molecule has 1 unspecified atom stereocenters. The Balaban J connectivity index is 2.22. The van der Waals surface area contributed by atoms with E-state index in [9.17, 15) is 12.8 Å². The first-order chi connectivity index (χ1) is 7.99. The van der Waals surface area contributed by atoms with Crippen molar-refractivity contribution in [2.75, 3.05) is 17.8 Å². The number of aryl methyl sites for hydroxylation is 1. The van der Waals surface area contributed by atoms with Gasteiger partial charge < -0.3 is 5.32 Å². The third-order valence-corrected chi connectivity index (χ3v) is 4.61. The maximum Gasteiger partial charge on any atom is 0.237 e. The van der Waals surface area contributed by atoms with Gasteiger partial charge in [-0.3, -0.25) is 4.72 Å². The fourth-order valence-electron chi connectivity index (χ4n) is 1.85. The van der Waals surface area contributed by atoms with E-state index in [0.29, 0.717) is 19.5 Å². The molecule has 1 fully saturated rings. The molecule has 1 heterocycles. The third-order valence-electron chi connectivity index (χ3n) is 2.83. The average molecular weight is 258 g/mol. The maximum absolute atomic E-state index is 13.4. The van der Waals surface area contributed by atoms with Gasteiger partial charge in [0.2, 0.25) is 10.0 Å². The van der Waals surface area contributed by atoms with E-state index in [4.69, 9.17) is 0 Å². The molecule has 0 bridgehead atoms. The number of nitrogens with one attached hydrogen (secondary N) is 2. The second-order valence-corrected chi connectivity index (χ2v) is 6.21. The van der Waals surface area contributed by atoms with Crippen molar-refractivity contribution >= 4 is 15.7 Å². The normalized spacial score (nSPS) is 20.5. The summed E-state index contributed by atoms with van der Waals surface area (Å²) in [4.78, 5) is 0. The van der Waals surface area contributed by atoms with Gasteiger partial charge >= 0.3 is 0 Å². The number of hydrogen-bond donors (Lipinski definition) is 2. The predicted molar refractivity (Wildman–Crippen MR) is 65.0 cm³/mol. The van der Waals surface area contributed by atoms with Crippen LogP contribution in [0.1, 0.15) is 12.0 Å². The van der Waals surface area contributed by atoms with Crippen molar-refractivity contribution in [3.05, 3.63) is 29.6 Å². The fraction of sp³-hybridized carbons (Fsp3) is 0.455. The van der Waals surface area contributed by atoms with E-state index in [0.717, 1.165) is 5.56 Å². The van der Waals surface area contributed by atoms with Crippen molar-refractivity contribution in [2.45, 2.75) is 18.6 Å². The van der Waals surface area contributed by atoms with Crippen LogP contribution in [0.2, 0.25) is 0 Å². The predicted octanol–water partition coefficient (Wildman–Crippen LogP) is 1.24. The molecule has 0 aliphatic carbocycles. The molecule has 1 aliphatic rings. The number of benzene rings is 1. The fourth-order valence-corrected chi connectivity index (χ4v) is 3.24. The van der Waals surface area contributed by atoms with Crippen molar-refractivity contribution in [3.63, 3.8) is 0 Å². The Labute approximate surface area is 100 Å². The molecule has 4 nitrogen and oxygen atoms in total. The van der Waals surface area contributed by atoms with E-state index >= 15 is 0 Å². The van der Waals surface area contributed by atoms with Gasteiger partial charge in [-0.15, -0.1) is 0 Å². The molecule has 2 rings (SSSR count). The van der Waals surface area contributed by atoms with Crippen LogP contribution in [0, 0.1) is 12.7 Å². The van der Waals surface area contributed by atoms with Gasteiger partial charge in [-0.1, -0.05) is 6.07 Å². The van der Waals surface area contributed by atoms with Crippen molar-refractivity contribution in [2.24, 2.45) is 0 Å². The van der Waals surface area contributed by atoms with Crippen molar-refractivity contribution in [1.29, 1.82) is 0 Å². The Morgan fingerprint density at radius 3 is 2.88 bits per heavy atom. The summed E-state index contributed by atoms with van der Waals surface area (Å²) in [6, 6.07) is 4.36. The summed E-state index contributed by atoms with van der Waals surface area (Å²) in [7, 11) is -3.50. The first-order valence-electron chi connectivity index (χ1n) is 5.47. The lowest BCUT2D eigenvalue weighted by molar-refractivity contribution is 0.586. The van der Waals surface area contributed by atoms with Crippen LogP contribution >= 0.6 is 0 Å². The van der Waals surface area contributed by atoms with Crippen LogP contribution in [0.25, 0.3) is 0 Å². The molecule has 2 N–H and O–H groups in total. The minimum atomic E-state index is -3.50. The van der Waals surface area contributed by atoms with E-state index in [1.807, 2.05) is 0 Å². The molecule has 94 valence electrons. The number of anilines is 1. The lowest BCUT2D eigenvalue weighted by Gasteiger charge is -2.13. The maximum atomic E-state index is 13.4. The molecule has 0 saturated carbocycles. The van der Waals surface area contributed by atoms with Crippen LogP contribution in [0.15, 0.2) is 18.2 Å². The van der Waals surface area contributed by atoms with Crippen LogP contribution in [0.4, 0.5) is 10.1 Å². The highest BCUT2D eigenvalue weighted by atomic mass is 32.2. The molecule has 1 atom stereocenters. The summed E-state index contributed by atoms with van der Waals surface area (Å²) in [5.41, 5.74) is 0.838. The third kappa shape index (κ3) is 2.76. The molecule has 1 saturated heterocycles. The van der Waals surface area contributed by atoms with Gasteiger partial charge in [0, 0.05) is 6.54 Å². The van der Waals surface area contributed by atoms with Gasteiger partial charge in [-0.25, -0.2) is 12.8 Å². The molecule has 0 aromatic heterocycles. The van der Waals surface area contributed by atoms with Crippen molar-refractivity contribution < 1.29 is 12.8 Å². The van der Waals surface area contributed by atoms with E-state index in [1.54, 1.807) is 13.0 Å². The smallest absolute Gasteiger partial charge is 0.237 e.